The number of carbonyl (C=O) groups excluding carboxylic acids is 1. The van der Waals surface area contributed by atoms with Gasteiger partial charge in [-0.3, -0.25) is 0 Å². The molecule has 2 fully saturated rings. The van der Waals surface area contributed by atoms with E-state index in [0.717, 1.165) is 25.1 Å². The van der Waals surface area contributed by atoms with Crippen LogP contribution in [0.5, 0.6) is 0 Å². The van der Waals surface area contributed by atoms with Gasteiger partial charge in [-0.15, -0.1) is 0 Å². The molecule has 2 heterocycles. The van der Waals surface area contributed by atoms with Crippen LogP contribution < -0.4 is 5.32 Å². The predicted molar refractivity (Wildman–Crippen MR) is 74.5 cm³/mol. The Balaban J connectivity index is 1.85. The molecule has 0 aromatic carbocycles. The van der Waals surface area contributed by atoms with Crippen LogP contribution in [0.3, 0.4) is 0 Å². The second-order valence-corrected chi connectivity index (χ2v) is 6.23. The number of thioether (sulfide) groups is 1. The lowest BCUT2D eigenvalue weighted by molar-refractivity contribution is -0.141. The number of carboxylic acids is 1. The number of rotatable bonds is 3. The summed E-state index contributed by atoms with van der Waals surface area (Å²) in [5.41, 5.74) is 0. The minimum Gasteiger partial charge on any atom is -0.480 e. The topological polar surface area (TPSA) is 72.9 Å². The highest BCUT2D eigenvalue weighted by molar-refractivity contribution is 7.99. The van der Waals surface area contributed by atoms with Gasteiger partial charge in [0.05, 0.1) is 0 Å². The van der Waals surface area contributed by atoms with Crippen molar-refractivity contribution in [3.63, 3.8) is 0 Å². The third kappa shape index (κ3) is 3.54. The Morgan fingerprint density at radius 1 is 1.42 bits per heavy atom. The molecule has 0 aromatic heterocycles. The second kappa shape index (κ2) is 6.47. The zero-order chi connectivity index (χ0) is 13.8. The van der Waals surface area contributed by atoms with Crippen molar-refractivity contribution in [3.8, 4) is 0 Å². The minimum atomic E-state index is -0.916. The van der Waals surface area contributed by atoms with Crippen molar-refractivity contribution in [2.24, 2.45) is 0 Å². The Bertz CT molecular complexity index is 353. The van der Waals surface area contributed by atoms with Crippen LogP contribution in [0.4, 0.5) is 4.79 Å². The van der Waals surface area contributed by atoms with E-state index in [1.165, 1.54) is 4.90 Å². The zero-order valence-corrected chi connectivity index (χ0v) is 12.0. The molecule has 2 rings (SSSR count). The van der Waals surface area contributed by atoms with Gasteiger partial charge in [0, 0.05) is 30.6 Å². The average molecular weight is 287 g/mol. The fourth-order valence-corrected chi connectivity index (χ4v) is 3.63. The molecule has 2 aliphatic rings. The molecule has 7 heteroatoms. The number of hydrogen-bond donors (Lipinski definition) is 2. The van der Waals surface area contributed by atoms with Crippen molar-refractivity contribution in [2.45, 2.75) is 24.9 Å². The fraction of sp³-hybridized carbons (Fsp3) is 0.833. The molecule has 0 radical (unpaired) electrons. The van der Waals surface area contributed by atoms with E-state index in [2.05, 4.69) is 17.3 Å². The number of urea groups is 1. The number of likely N-dealkylation sites (N-methyl/N-ethyl adjacent to an activating group) is 1. The molecular weight excluding hydrogens is 266 g/mol. The predicted octanol–water partition coefficient (Wildman–Crippen LogP) is 0.292. The summed E-state index contributed by atoms with van der Waals surface area (Å²) in [6, 6.07) is -0.556. The van der Waals surface area contributed by atoms with Crippen molar-refractivity contribution in [2.75, 3.05) is 38.2 Å². The third-order valence-corrected chi connectivity index (χ3v) is 4.86. The lowest BCUT2D eigenvalue weighted by Crippen LogP contribution is -2.55. The fourth-order valence-electron chi connectivity index (χ4n) is 2.60. The lowest BCUT2D eigenvalue weighted by atomic mass is 10.2. The summed E-state index contributed by atoms with van der Waals surface area (Å²) in [6.45, 7) is 2.18. The Kier molecular flexibility index (Phi) is 4.93. The van der Waals surface area contributed by atoms with Crippen molar-refractivity contribution in [3.05, 3.63) is 0 Å². The molecular formula is C12H21N3O3S. The molecule has 2 unspecified atom stereocenters. The van der Waals surface area contributed by atoms with Gasteiger partial charge in [-0.2, -0.15) is 11.8 Å². The first-order chi connectivity index (χ1) is 9.09. The first-order valence-corrected chi connectivity index (χ1v) is 7.80. The van der Waals surface area contributed by atoms with Crippen molar-refractivity contribution in [1.82, 2.24) is 15.1 Å². The number of likely N-dealkylation sites (tertiary alicyclic amines) is 1. The van der Waals surface area contributed by atoms with E-state index in [0.29, 0.717) is 24.9 Å². The van der Waals surface area contributed by atoms with Gasteiger partial charge in [0.1, 0.15) is 6.04 Å². The van der Waals surface area contributed by atoms with Crippen LogP contribution in [0.1, 0.15) is 12.8 Å². The maximum atomic E-state index is 12.1. The zero-order valence-electron chi connectivity index (χ0n) is 11.2. The Morgan fingerprint density at radius 2 is 2.21 bits per heavy atom. The van der Waals surface area contributed by atoms with Crippen LogP contribution in [0.2, 0.25) is 0 Å². The first kappa shape index (κ1) is 14.5. The summed E-state index contributed by atoms with van der Waals surface area (Å²) in [4.78, 5) is 26.9. The van der Waals surface area contributed by atoms with Crippen molar-refractivity contribution in [1.29, 1.82) is 0 Å². The monoisotopic (exact) mass is 287 g/mol. The number of nitrogens with zero attached hydrogens (tertiary/aromatic N) is 2. The van der Waals surface area contributed by atoms with Crippen LogP contribution >= 0.6 is 11.8 Å². The summed E-state index contributed by atoms with van der Waals surface area (Å²) in [6.07, 6.45) is 2.25. The third-order valence-electron chi connectivity index (χ3n) is 3.83. The Morgan fingerprint density at radius 3 is 2.84 bits per heavy atom. The highest BCUT2D eigenvalue weighted by atomic mass is 32.2. The molecule has 0 aliphatic carbocycles. The molecule has 0 saturated carbocycles. The largest absolute Gasteiger partial charge is 0.480 e. The van der Waals surface area contributed by atoms with Gasteiger partial charge in [-0.25, -0.2) is 9.59 Å². The molecule has 6 nitrogen and oxygen atoms in total. The van der Waals surface area contributed by atoms with E-state index in [1.54, 1.807) is 11.8 Å². The normalized spacial score (nSPS) is 28.4. The summed E-state index contributed by atoms with van der Waals surface area (Å²) in [5, 5.41) is 12.0. The highest BCUT2D eigenvalue weighted by Crippen LogP contribution is 2.17. The molecule has 2 N–H and O–H groups in total. The molecule has 19 heavy (non-hydrogen) atoms. The highest BCUT2D eigenvalue weighted by Gasteiger charge is 2.32. The van der Waals surface area contributed by atoms with Gasteiger partial charge in [0.25, 0.3) is 0 Å². The minimum absolute atomic E-state index is 0.243. The van der Waals surface area contributed by atoms with E-state index >= 15 is 0 Å². The molecule has 0 spiro atoms. The molecule has 0 aromatic rings. The van der Waals surface area contributed by atoms with E-state index in [-0.39, 0.29) is 6.03 Å². The lowest BCUT2D eigenvalue weighted by Gasteiger charge is -2.33. The van der Waals surface area contributed by atoms with Gasteiger partial charge in [-0.05, 0) is 26.4 Å². The number of hydrogen-bond acceptors (Lipinski definition) is 4. The summed E-state index contributed by atoms with van der Waals surface area (Å²) in [5.74, 6) is 0.368. The summed E-state index contributed by atoms with van der Waals surface area (Å²) >= 11 is 1.59. The van der Waals surface area contributed by atoms with Crippen molar-refractivity contribution < 1.29 is 14.7 Å². The molecule has 2 amide bonds. The van der Waals surface area contributed by atoms with Gasteiger partial charge in [-0.1, -0.05) is 0 Å². The number of carboxylic acid groups (broad SMARTS) is 1. The van der Waals surface area contributed by atoms with Gasteiger partial charge in [0.15, 0.2) is 0 Å². The summed E-state index contributed by atoms with van der Waals surface area (Å²) < 4.78 is 0. The Hall–Kier alpha value is -0.950. The molecule has 2 saturated heterocycles. The van der Waals surface area contributed by atoms with E-state index < -0.39 is 12.0 Å². The van der Waals surface area contributed by atoms with Gasteiger partial charge < -0.3 is 20.2 Å². The number of carbonyl (C=O) groups is 2. The van der Waals surface area contributed by atoms with Crippen molar-refractivity contribution >= 4 is 23.8 Å². The standard InChI is InChI=1S/C12H21N3O3S/c1-14-4-2-3-9(14)7-13-12(18)15-5-6-19-8-10(15)11(16)17/h9-10H,2-8H2,1H3,(H,13,18)(H,16,17). The number of aliphatic carboxylic acids is 1. The SMILES string of the molecule is CN1CCCC1CNC(=O)N1CCSCC1C(=O)O. The second-order valence-electron chi connectivity index (χ2n) is 5.09. The van der Waals surface area contributed by atoms with Gasteiger partial charge >= 0.3 is 12.0 Å². The number of nitrogens with one attached hydrogen (secondary N) is 1. The first-order valence-electron chi connectivity index (χ1n) is 6.65. The van der Waals surface area contributed by atoms with E-state index in [1.807, 2.05) is 0 Å². The van der Waals surface area contributed by atoms with Crippen LogP contribution in [0.15, 0.2) is 0 Å². The van der Waals surface area contributed by atoms with E-state index in [9.17, 15) is 9.59 Å². The van der Waals surface area contributed by atoms with Crippen LogP contribution in [0, 0.1) is 0 Å². The van der Waals surface area contributed by atoms with Gasteiger partial charge in [0.2, 0.25) is 0 Å². The van der Waals surface area contributed by atoms with Crippen LogP contribution in [-0.4, -0.2) is 77.2 Å². The maximum absolute atomic E-state index is 12.1. The quantitative estimate of drug-likeness (QED) is 0.781. The van der Waals surface area contributed by atoms with Crippen LogP contribution in [-0.2, 0) is 4.79 Å². The Labute approximate surface area is 117 Å². The summed E-state index contributed by atoms with van der Waals surface area (Å²) in [7, 11) is 2.06. The molecule has 108 valence electrons. The average Bonchev–Trinajstić information content (AvgIpc) is 2.81. The maximum Gasteiger partial charge on any atom is 0.327 e. The molecule has 0 bridgehead atoms. The van der Waals surface area contributed by atoms with Crippen LogP contribution in [0.25, 0.3) is 0 Å². The molecule has 2 aliphatic heterocycles. The van der Waals surface area contributed by atoms with E-state index in [4.69, 9.17) is 5.11 Å². The molecule has 2 atom stereocenters. The number of amides is 2. The smallest absolute Gasteiger partial charge is 0.327 e.